The average molecular weight is 539 g/mol. The molecule has 1 fully saturated rings. The van der Waals surface area contributed by atoms with E-state index < -0.39 is 23.8 Å². The zero-order valence-corrected chi connectivity index (χ0v) is 20.9. The third-order valence-electron chi connectivity index (χ3n) is 6.68. The van der Waals surface area contributed by atoms with E-state index in [1.807, 2.05) is 49.4 Å². The molecule has 202 valence electrons. The number of nitrogens with zero attached hydrogens (tertiary/aromatic N) is 4. The molecule has 0 bridgehead atoms. The molecule has 1 aliphatic heterocycles. The van der Waals surface area contributed by atoms with Crippen molar-refractivity contribution < 1.29 is 32.2 Å². The maximum absolute atomic E-state index is 13.1. The number of carbonyl (C=O) groups is 1. The molecule has 1 aliphatic rings. The summed E-state index contributed by atoms with van der Waals surface area (Å²) in [7, 11) is 0. The zero-order valence-electron chi connectivity index (χ0n) is 20.9. The number of aryl methyl sites for hydroxylation is 1. The Morgan fingerprint density at radius 1 is 1.08 bits per heavy atom. The quantitative estimate of drug-likeness (QED) is 0.318. The number of carboxylic acid groups (broad SMARTS) is 1. The van der Waals surface area contributed by atoms with Gasteiger partial charge in [-0.15, -0.1) is 0 Å². The summed E-state index contributed by atoms with van der Waals surface area (Å²) >= 11 is 0. The number of benzene rings is 2. The summed E-state index contributed by atoms with van der Waals surface area (Å²) in [6.45, 7) is 2.31. The third kappa shape index (κ3) is 6.02. The molecular formula is C28H25F3N4O4. The van der Waals surface area contributed by atoms with Gasteiger partial charge in [0.15, 0.2) is 0 Å². The number of aliphatic carboxylic acids is 1. The van der Waals surface area contributed by atoms with Crippen LogP contribution < -0.4 is 9.64 Å². The van der Waals surface area contributed by atoms with Crippen LogP contribution in [0.1, 0.15) is 22.7 Å². The van der Waals surface area contributed by atoms with Crippen LogP contribution in [0.15, 0.2) is 71.3 Å². The summed E-state index contributed by atoms with van der Waals surface area (Å²) in [4.78, 5) is 25.5. The molecule has 4 aromatic rings. The van der Waals surface area contributed by atoms with E-state index in [1.165, 1.54) is 4.90 Å². The van der Waals surface area contributed by atoms with Crippen LogP contribution in [0.25, 0.3) is 11.5 Å². The summed E-state index contributed by atoms with van der Waals surface area (Å²) in [6.07, 6.45) is -3.14. The Labute approximate surface area is 222 Å². The zero-order chi connectivity index (χ0) is 27.6. The summed E-state index contributed by atoms with van der Waals surface area (Å²) in [6, 6.07) is 17.7. The fourth-order valence-corrected chi connectivity index (χ4v) is 4.62. The van der Waals surface area contributed by atoms with E-state index in [0.29, 0.717) is 29.5 Å². The molecule has 11 heteroatoms. The number of anilines is 1. The first kappa shape index (κ1) is 26.2. The second-order valence-corrected chi connectivity index (χ2v) is 9.37. The molecule has 3 heterocycles. The minimum atomic E-state index is -4.61. The van der Waals surface area contributed by atoms with Crippen molar-refractivity contribution in [2.45, 2.75) is 26.1 Å². The van der Waals surface area contributed by atoms with Crippen molar-refractivity contribution in [1.82, 2.24) is 15.0 Å². The standard InChI is InChI=1S/C28H25F3N4O4/c1-17-23(33-25(39-17)19-5-3-2-4-6-19)16-38-21-9-7-18(8-10-21)13-20-14-35(15-22(20)26(36)37)27-32-12-11-24(34-27)28(29,30)31/h2-12,20,22H,13-16H2,1H3,(H,36,37)/t20-,22+/m1/s1. The number of ether oxygens (including phenoxy) is 1. The van der Waals surface area contributed by atoms with E-state index in [4.69, 9.17) is 9.15 Å². The highest BCUT2D eigenvalue weighted by molar-refractivity contribution is 5.72. The van der Waals surface area contributed by atoms with Gasteiger partial charge in [0.2, 0.25) is 11.8 Å². The van der Waals surface area contributed by atoms with Crippen LogP contribution in [0.4, 0.5) is 19.1 Å². The number of aromatic nitrogens is 3. The van der Waals surface area contributed by atoms with Crippen LogP contribution in [-0.2, 0) is 24.0 Å². The second kappa shape index (κ2) is 10.8. The number of hydrogen-bond acceptors (Lipinski definition) is 7. The van der Waals surface area contributed by atoms with Gasteiger partial charge in [0, 0.05) is 24.8 Å². The van der Waals surface area contributed by atoms with E-state index >= 15 is 0 Å². The average Bonchev–Trinajstić information content (AvgIpc) is 3.52. The van der Waals surface area contributed by atoms with Gasteiger partial charge in [-0.25, -0.2) is 15.0 Å². The van der Waals surface area contributed by atoms with Crippen LogP contribution >= 0.6 is 0 Å². The molecule has 0 unspecified atom stereocenters. The van der Waals surface area contributed by atoms with E-state index in [1.54, 1.807) is 12.1 Å². The summed E-state index contributed by atoms with van der Waals surface area (Å²) < 4.78 is 50.9. The first-order chi connectivity index (χ1) is 18.7. The molecule has 0 spiro atoms. The highest BCUT2D eigenvalue weighted by atomic mass is 19.4. The highest BCUT2D eigenvalue weighted by Crippen LogP contribution is 2.32. The molecule has 8 nitrogen and oxygen atoms in total. The topological polar surface area (TPSA) is 102 Å². The fourth-order valence-electron chi connectivity index (χ4n) is 4.62. The minimum Gasteiger partial charge on any atom is -0.487 e. The molecule has 0 aliphatic carbocycles. The summed E-state index contributed by atoms with van der Waals surface area (Å²) in [5.41, 5.74) is 1.39. The van der Waals surface area contributed by atoms with E-state index in [9.17, 15) is 23.1 Å². The van der Waals surface area contributed by atoms with Gasteiger partial charge in [-0.05, 0) is 55.2 Å². The predicted octanol–water partition coefficient (Wildman–Crippen LogP) is 5.42. The van der Waals surface area contributed by atoms with Crippen molar-refractivity contribution in [1.29, 1.82) is 0 Å². The lowest BCUT2D eigenvalue weighted by Gasteiger charge is -2.17. The molecular weight excluding hydrogens is 513 g/mol. The lowest BCUT2D eigenvalue weighted by molar-refractivity contribution is -0.142. The molecule has 1 saturated heterocycles. The molecule has 0 amide bonds. The van der Waals surface area contributed by atoms with Gasteiger partial charge < -0.3 is 19.2 Å². The molecule has 39 heavy (non-hydrogen) atoms. The van der Waals surface area contributed by atoms with Crippen LogP contribution in [0.5, 0.6) is 5.75 Å². The molecule has 0 saturated carbocycles. The maximum atomic E-state index is 13.1. The Bertz CT molecular complexity index is 1440. The Hall–Kier alpha value is -4.41. The molecule has 1 N–H and O–H groups in total. The maximum Gasteiger partial charge on any atom is 0.433 e. The largest absolute Gasteiger partial charge is 0.487 e. The van der Waals surface area contributed by atoms with Crippen molar-refractivity contribution in [2.75, 3.05) is 18.0 Å². The number of hydrogen-bond donors (Lipinski definition) is 1. The molecule has 0 radical (unpaired) electrons. The van der Waals surface area contributed by atoms with E-state index in [-0.39, 0.29) is 31.6 Å². The first-order valence-electron chi connectivity index (χ1n) is 12.3. The van der Waals surface area contributed by atoms with Gasteiger partial charge in [-0.1, -0.05) is 30.3 Å². The highest BCUT2D eigenvalue weighted by Gasteiger charge is 2.40. The van der Waals surface area contributed by atoms with Crippen LogP contribution in [0, 0.1) is 18.8 Å². The Morgan fingerprint density at radius 2 is 1.82 bits per heavy atom. The lowest BCUT2D eigenvalue weighted by Crippen LogP contribution is -2.25. The normalized spacial score (nSPS) is 17.4. The van der Waals surface area contributed by atoms with Gasteiger partial charge in [0.25, 0.3) is 0 Å². The number of carboxylic acids is 1. The monoisotopic (exact) mass is 538 g/mol. The minimum absolute atomic E-state index is 0.0323. The van der Waals surface area contributed by atoms with Crippen molar-refractivity contribution in [3.63, 3.8) is 0 Å². The van der Waals surface area contributed by atoms with Crippen molar-refractivity contribution >= 4 is 11.9 Å². The van der Waals surface area contributed by atoms with Gasteiger partial charge >= 0.3 is 12.1 Å². The van der Waals surface area contributed by atoms with Crippen LogP contribution in [0.3, 0.4) is 0 Å². The third-order valence-corrected chi connectivity index (χ3v) is 6.68. The Morgan fingerprint density at radius 3 is 2.51 bits per heavy atom. The number of rotatable bonds is 8. The lowest BCUT2D eigenvalue weighted by atomic mass is 9.90. The Kier molecular flexibility index (Phi) is 7.23. The van der Waals surface area contributed by atoms with Crippen molar-refractivity contribution in [2.24, 2.45) is 11.8 Å². The predicted molar refractivity (Wildman–Crippen MR) is 135 cm³/mol. The number of halogens is 3. The summed E-state index contributed by atoms with van der Waals surface area (Å²) in [5, 5.41) is 9.75. The van der Waals surface area contributed by atoms with Crippen LogP contribution in [0.2, 0.25) is 0 Å². The van der Waals surface area contributed by atoms with E-state index in [0.717, 1.165) is 23.4 Å². The van der Waals surface area contributed by atoms with Gasteiger partial charge in [-0.3, -0.25) is 4.79 Å². The van der Waals surface area contributed by atoms with Crippen LogP contribution in [-0.4, -0.2) is 39.1 Å². The van der Waals surface area contributed by atoms with Gasteiger partial charge in [-0.2, -0.15) is 13.2 Å². The van der Waals surface area contributed by atoms with Gasteiger partial charge in [0.1, 0.15) is 29.5 Å². The second-order valence-electron chi connectivity index (χ2n) is 9.37. The Balaban J connectivity index is 1.22. The van der Waals surface area contributed by atoms with E-state index in [2.05, 4.69) is 15.0 Å². The molecule has 2 aromatic carbocycles. The van der Waals surface area contributed by atoms with Gasteiger partial charge in [0.05, 0.1) is 5.92 Å². The number of alkyl halides is 3. The fraction of sp³-hybridized carbons (Fsp3) is 0.286. The first-order valence-corrected chi connectivity index (χ1v) is 12.3. The SMILES string of the molecule is Cc1oc(-c2ccccc2)nc1COc1ccc(C[C@@H]2CN(c3nccc(C(F)(F)F)n3)C[C@@H]2C(=O)O)cc1. The molecule has 2 aromatic heterocycles. The summed E-state index contributed by atoms with van der Waals surface area (Å²) in [5.74, 6) is -0.428. The molecule has 2 atom stereocenters. The smallest absolute Gasteiger partial charge is 0.433 e. The van der Waals surface area contributed by atoms with Crippen molar-refractivity contribution in [3.05, 3.63) is 89.6 Å². The molecule has 5 rings (SSSR count). The number of oxazole rings is 1. The van der Waals surface area contributed by atoms with Crippen molar-refractivity contribution in [3.8, 4) is 17.2 Å².